The summed E-state index contributed by atoms with van der Waals surface area (Å²) in [4.78, 5) is 2.43. The van der Waals surface area contributed by atoms with Crippen LogP contribution in [0.5, 0.6) is 0 Å². The highest BCUT2D eigenvalue weighted by atomic mass is 32.1. The van der Waals surface area contributed by atoms with Crippen molar-refractivity contribution in [2.75, 3.05) is 4.90 Å². The SMILES string of the molecule is c1cc(-c2cccc(N(c3cccc(-c4cccc5ccccc45)c3)c3ccccc3-c3ccc4ccccc4c3)c2)cc(-c2cccc3c2sc2ccccc23)c1. The van der Waals surface area contributed by atoms with Crippen molar-refractivity contribution >= 4 is 70.1 Å². The Morgan fingerprint density at radius 3 is 1.69 bits per heavy atom. The zero-order valence-corrected chi connectivity index (χ0v) is 32.5. The van der Waals surface area contributed by atoms with Crippen molar-refractivity contribution in [2.45, 2.75) is 0 Å². The number of hydrogen-bond acceptors (Lipinski definition) is 2. The molecule has 1 nitrogen and oxygen atoms in total. The second kappa shape index (κ2) is 14.4. The second-order valence-corrected chi connectivity index (χ2v) is 16.0. The van der Waals surface area contributed by atoms with Crippen molar-refractivity contribution in [1.29, 1.82) is 0 Å². The molecule has 1 heterocycles. The van der Waals surface area contributed by atoms with Crippen LogP contribution in [0.15, 0.2) is 224 Å². The molecule has 0 saturated heterocycles. The third-order valence-electron chi connectivity index (χ3n) is 11.4. The Balaban J connectivity index is 1.07. The lowest BCUT2D eigenvalue weighted by Gasteiger charge is -2.29. The molecule has 272 valence electrons. The summed E-state index contributed by atoms with van der Waals surface area (Å²) in [5.74, 6) is 0. The highest BCUT2D eigenvalue weighted by molar-refractivity contribution is 7.26. The van der Waals surface area contributed by atoms with Gasteiger partial charge in [-0.05, 0) is 109 Å². The molecule has 0 saturated carbocycles. The van der Waals surface area contributed by atoms with Gasteiger partial charge in [0, 0.05) is 37.1 Å². The molecule has 0 N–H and O–H groups in total. The lowest BCUT2D eigenvalue weighted by Crippen LogP contribution is -2.11. The molecule has 0 aliphatic carbocycles. The van der Waals surface area contributed by atoms with Crippen LogP contribution >= 0.6 is 11.3 Å². The van der Waals surface area contributed by atoms with E-state index in [2.05, 4.69) is 229 Å². The summed E-state index contributed by atoms with van der Waals surface area (Å²) < 4.78 is 2.65. The molecular formula is C56H37NS. The van der Waals surface area contributed by atoms with Gasteiger partial charge in [0.25, 0.3) is 0 Å². The molecular weight excluding hydrogens is 719 g/mol. The zero-order valence-electron chi connectivity index (χ0n) is 31.7. The zero-order chi connectivity index (χ0) is 38.4. The number of benzene rings is 10. The highest BCUT2D eigenvalue weighted by Gasteiger charge is 2.19. The molecule has 0 amide bonds. The van der Waals surface area contributed by atoms with Crippen LogP contribution in [0.1, 0.15) is 0 Å². The number of hydrogen-bond donors (Lipinski definition) is 0. The maximum Gasteiger partial charge on any atom is 0.0540 e. The topological polar surface area (TPSA) is 3.24 Å². The first-order valence-corrected chi connectivity index (χ1v) is 20.6. The minimum Gasteiger partial charge on any atom is -0.310 e. The lowest BCUT2D eigenvalue weighted by atomic mass is 9.96. The van der Waals surface area contributed by atoms with Crippen LogP contribution in [0.3, 0.4) is 0 Å². The van der Waals surface area contributed by atoms with Gasteiger partial charge in [-0.2, -0.15) is 0 Å². The molecule has 0 atom stereocenters. The van der Waals surface area contributed by atoms with Gasteiger partial charge in [-0.15, -0.1) is 11.3 Å². The quantitative estimate of drug-likeness (QED) is 0.157. The third-order valence-corrected chi connectivity index (χ3v) is 12.6. The van der Waals surface area contributed by atoms with E-state index < -0.39 is 0 Å². The molecule has 0 fully saturated rings. The maximum atomic E-state index is 2.43. The van der Waals surface area contributed by atoms with Gasteiger partial charge >= 0.3 is 0 Å². The minimum absolute atomic E-state index is 1.10. The molecule has 0 aliphatic rings. The van der Waals surface area contributed by atoms with E-state index in [-0.39, 0.29) is 0 Å². The van der Waals surface area contributed by atoms with Crippen molar-refractivity contribution in [3.05, 3.63) is 224 Å². The molecule has 58 heavy (non-hydrogen) atoms. The van der Waals surface area contributed by atoms with Gasteiger partial charge in [-0.1, -0.05) is 176 Å². The van der Waals surface area contributed by atoms with Crippen LogP contribution in [0.4, 0.5) is 17.1 Å². The lowest BCUT2D eigenvalue weighted by molar-refractivity contribution is 1.28. The van der Waals surface area contributed by atoms with Gasteiger partial charge in [0.2, 0.25) is 0 Å². The fourth-order valence-electron chi connectivity index (χ4n) is 8.65. The van der Waals surface area contributed by atoms with Crippen molar-refractivity contribution in [3.8, 4) is 44.5 Å². The standard InChI is InChI=1S/C56H37NS/c1-2-16-40-34-45(33-32-38(40)14-1)50-25-5-7-30-54(50)57(47-23-11-21-44(37-47)49-27-12-17-39-15-3-4-24-48(39)49)46-22-10-19-42(36-46)41-18-9-20-43(35-41)51-28-13-29-53-52-26-6-8-31-55(52)58-56(51)53/h1-37H. The van der Waals surface area contributed by atoms with Crippen molar-refractivity contribution in [2.24, 2.45) is 0 Å². The Morgan fingerprint density at radius 2 is 0.828 bits per heavy atom. The van der Waals surface area contributed by atoms with Gasteiger partial charge in [0.05, 0.1) is 5.69 Å². The van der Waals surface area contributed by atoms with Gasteiger partial charge in [-0.3, -0.25) is 0 Å². The van der Waals surface area contributed by atoms with Crippen LogP contribution < -0.4 is 4.90 Å². The molecule has 11 rings (SSSR count). The summed E-state index contributed by atoms with van der Waals surface area (Å²) in [5, 5.41) is 7.59. The average Bonchev–Trinajstić information content (AvgIpc) is 3.68. The van der Waals surface area contributed by atoms with E-state index in [1.54, 1.807) is 0 Å². The largest absolute Gasteiger partial charge is 0.310 e. The molecule has 1 aromatic heterocycles. The maximum absolute atomic E-state index is 2.43. The van der Waals surface area contributed by atoms with Gasteiger partial charge < -0.3 is 4.90 Å². The van der Waals surface area contributed by atoms with Gasteiger partial charge in [0.15, 0.2) is 0 Å². The number of thiophene rings is 1. The predicted octanol–water partition coefficient (Wildman–Crippen LogP) is 16.5. The van der Waals surface area contributed by atoms with Crippen LogP contribution in [0, 0.1) is 0 Å². The Hall–Kier alpha value is -7.26. The average molecular weight is 756 g/mol. The molecule has 0 spiro atoms. The van der Waals surface area contributed by atoms with Crippen LogP contribution in [0.25, 0.3) is 86.2 Å². The third kappa shape index (κ3) is 6.03. The molecule has 0 unspecified atom stereocenters. The van der Waals surface area contributed by atoms with Crippen LogP contribution in [-0.2, 0) is 0 Å². The van der Waals surface area contributed by atoms with E-state index >= 15 is 0 Å². The van der Waals surface area contributed by atoms with E-state index in [1.807, 2.05) is 11.3 Å². The van der Waals surface area contributed by atoms with Gasteiger partial charge in [0.1, 0.15) is 0 Å². The van der Waals surface area contributed by atoms with E-state index in [4.69, 9.17) is 0 Å². The molecule has 2 heteroatoms. The molecule has 11 aromatic rings. The van der Waals surface area contributed by atoms with Crippen LogP contribution in [0.2, 0.25) is 0 Å². The van der Waals surface area contributed by atoms with Crippen molar-refractivity contribution < 1.29 is 0 Å². The minimum atomic E-state index is 1.10. The summed E-state index contributed by atoms with van der Waals surface area (Å²) in [6.45, 7) is 0. The van der Waals surface area contributed by atoms with E-state index in [9.17, 15) is 0 Å². The summed E-state index contributed by atoms with van der Waals surface area (Å²) in [6.07, 6.45) is 0. The predicted molar refractivity (Wildman–Crippen MR) is 251 cm³/mol. The van der Waals surface area contributed by atoms with E-state index in [1.165, 1.54) is 86.2 Å². The normalized spacial score (nSPS) is 11.4. The number of anilines is 3. The van der Waals surface area contributed by atoms with Crippen LogP contribution in [-0.4, -0.2) is 0 Å². The molecule has 10 aromatic carbocycles. The molecule has 0 bridgehead atoms. The fraction of sp³-hybridized carbons (Fsp3) is 0. The second-order valence-electron chi connectivity index (χ2n) is 14.9. The monoisotopic (exact) mass is 755 g/mol. The summed E-state index contributed by atoms with van der Waals surface area (Å²) in [7, 11) is 0. The van der Waals surface area contributed by atoms with E-state index in [0.717, 1.165) is 17.1 Å². The first-order valence-electron chi connectivity index (χ1n) is 19.8. The Kier molecular flexibility index (Phi) is 8.42. The van der Waals surface area contributed by atoms with Crippen molar-refractivity contribution in [1.82, 2.24) is 0 Å². The first-order chi connectivity index (χ1) is 28.7. The number of rotatable bonds is 7. The highest BCUT2D eigenvalue weighted by Crippen LogP contribution is 2.45. The number of para-hydroxylation sites is 1. The first kappa shape index (κ1) is 34.0. The molecule has 0 radical (unpaired) electrons. The number of nitrogens with zero attached hydrogens (tertiary/aromatic N) is 1. The Morgan fingerprint density at radius 1 is 0.293 bits per heavy atom. The Labute approximate surface area is 342 Å². The smallest absolute Gasteiger partial charge is 0.0540 e. The Bertz CT molecular complexity index is 3310. The van der Waals surface area contributed by atoms with E-state index in [0.29, 0.717) is 0 Å². The summed E-state index contributed by atoms with van der Waals surface area (Å²) in [6, 6.07) is 82.0. The summed E-state index contributed by atoms with van der Waals surface area (Å²) in [5.41, 5.74) is 12.9. The molecule has 0 aliphatic heterocycles. The van der Waals surface area contributed by atoms with Crippen molar-refractivity contribution in [3.63, 3.8) is 0 Å². The number of fused-ring (bicyclic) bond motifs is 5. The fourth-order valence-corrected chi connectivity index (χ4v) is 9.89. The summed E-state index contributed by atoms with van der Waals surface area (Å²) >= 11 is 1.88. The van der Waals surface area contributed by atoms with Gasteiger partial charge in [-0.25, -0.2) is 0 Å².